The first-order valence-corrected chi connectivity index (χ1v) is 3.76. The van der Waals surface area contributed by atoms with Crippen molar-refractivity contribution in [3.8, 4) is 0 Å². The molecule has 1 aromatic rings. The molecule has 0 amide bonds. The van der Waals surface area contributed by atoms with E-state index < -0.39 is 0 Å². The van der Waals surface area contributed by atoms with E-state index in [0.717, 1.165) is 0 Å². The molecule has 0 aliphatic rings. The van der Waals surface area contributed by atoms with Gasteiger partial charge in [0.25, 0.3) is 0 Å². The molecule has 0 spiro atoms. The molecule has 1 rings (SSSR count). The van der Waals surface area contributed by atoms with Crippen LogP contribution in [0.3, 0.4) is 0 Å². The van der Waals surface area contributed by atoms with Crippen LogP contribution in [-0.4, -0.2) is 39.1 Å². The van der Waals surface area contributed by atoms with Crippen LogP contribution in [0.4, 0.5) is 0 Å². The van der Waals surface area contributed by atoms with Crippen LogP contribution in [0.25, 0.3) is 0 Å². The van der Waals surface area contributed by atoms with Gasteiger partial charge in [0.2, 0.25) is 0 Å². The maximum atomic E-state index is 2.15. The quantitative estimate of drug-likeness (QED) is 0.449. The molecule has 0 heterocycles. The molecule has 0 fully saturated rings. The third-order valence-electron chi connectivity index (χ3n) is 1.13. The van der Waals surface area contributed by atoms with E-state index >= 15 is 0 Å². The Morgan fingerprint density at radius 2 is 1.23 bits per heavy atom. The summed E-state index contributed by atoms with van der Waals surface area (Å²) in [5.74, 6) is 0. The summed E-state index contributed by atoms with van der Waals surface area (Å²) < 4.78 is 1.17. The molecule has 0 N–H and O–H groups in total. The van der Waals surface area contributed by atoms with Gasteiger partial charge in [-0.1, -0.05) is 0 Å². The van der Waals surface area contributed by atoms with E-state index in [1.807, 2.05) is 27.8 Å². The van der Waals surface area contributed by atoms with E-state index in [2.05, 4.69) is 24.3 Å². The SMILES string of the molecule is [Al+3].[Cl-].[Cl-].[Cl-].[Cl-].[Mg+][CH2]c1ccccc1. The van der Waals surface area contributed by atoms with E-state index in [1.54, 1.807) is 0 Å². The first kappa shape index (κ1) is 29.3. The topological polar surface area (TPSA) is 0 Å². The van der Waals surface area contributed by atoms with Gasteiger partial charge in [-0.2, -0.15) is 0 Å². The number of hydrogen-bond acceptors (Lipinski definition) is 0. The molecule has 0 saturated heterocycles. The first-order valence-electron chi connectivity index (χ1n) is 2.76. The van der Waals surface area contributed by atoms with Crippen molar-refractivity contribution in [3.05, 3.63) is 35.9 Å². The van der Waals surface area contributed by atoms with Gasteiger partial charge in [0.15, 0.2) is 0 Å². The molecule has 0 aliphatic heterocycles. The summed E-state index contributed by atoms with van der Waals surface area (Å²) in [4.78, 5) is 0. The van der Waals surface area contributed by atoms with Crippen molar-refractivity contribution in [3.63, 3.8) is 0 Å². The van der Waals surface area contributed by atoms with Crippen LogP contribution in [0, 0.1) is 0 Å². The van der Waals surface area contributed by atoms with Gasteiger partial charge in [-0.3, -0.25) is 0 Å². The number of halogens is 4. The molecular weight excluding hydrogens is 277 g/mol. The van der Waals surface area contributed by atoms with Crippen LogP contribution < -0.4 is 49.6 Å². The molecule has 0 unspecified atom stereocenters. The fraction of sp³-hybridized carbons (Fsp3) is 0.143. The van der Waals surface area contributed by atoms with Crippen molar-refractivity contribution in [2.45, 2.75) is 4.55 Å². The summed E-state index contributed by atoms with van der Waals surface area (Å²) in [7, 11) is 0. The Bertz CT molecular complexity index is 162. The molecule has 0 radical (unpaired) electrons. The van der Waals surface area contributed by atoms with Crippen LogP contribution in [0.5, 0.6) is 0 Å². The molecule has 0 aromatic heterocycles. The van der Waals surface area contributed by atoms with Crippen molar-refractivity contribution >= 4 is 39.1 Å². The van der Waals surface area contributed by atoms with Crippen LogP contribution in [0.2, 0.25) is 0 Å². The summed E-state index contributed by atoms with van der Waals surface area (Å²) in [5.41, 5.74) is 1.42. The standard InChI is InChI=1S/C7H7.Al.4ClH.Mg/c1-7-5-3-2-4-6-7;;;;;;/h2-6H,1H2;;4*1H;/q;+3;;;;;+1/p-4. The Labute approximate surface area is 128 Å². The van der Waals surface area contributed by atoms with Crippen LogP contribution in [-0.2, 0) is 4.55 Å². The third kappa shape index (κ3) is 13.7. The summed E-state index contributed by atoms with van der Waals surface area (Å²) in [6, 6.07) is 10.5. The zero-order valence-corrected chi connectivity index (χ0v) is 12.5. The van der Waals surface area contributed by atoms with Crippen molar-refractivity contribution < 1.29 is 49.6 Å². The monoisotopic (exact) mass is 282 g/mol. The molecule has 0 aliphatic carbocycles. The fourth-order valence-corrected chi connectivity index (χ4v) is 0.978. The molecule has 0 nitrogen and oxygen atoms in total. The molecule has 13 heavy (non-hydrogen) atoms. The molecule has 6 heteroatoms. The van der Waals surface area contributed by atoms with Crippen molar-refractivity contribution in [1.29, 1.82) is 0 Å². The van der Waals surface area contributed by atoms with Gasteiger partial charge < -0.3 is 49.6 Å². The average molecular weight is 284 g/mol. The normalized spacial score (nSPS) is 5.69. The Kier molecular flexibility index (Phi) is 43.5. The van der Waals surface area contributed by atoms with Gasteiger partial charge in [0, 0.05) is 0 Å². The zero-order chi connectivity index (χ0) is 5.82. The van der Waals surface area contributed by atoms with Crippen LogP contribution in [0.1, 0.15) is 5.56 Å². The van der Waals surface area contributed by atoms with Crippen molar-refractivity contribution in [2.75, 3.05) is 0 Å². The summed E-state index contributed by atoms with van der Waals surface area (Å²) >= 11 is 1.98. The second-order valence-corrected chi connectivity index (χ2v) is 2.24. The zero-order valence-electron chi connectivity index (χ0n) is 6.89. The number of hydrogen-bond donors (Lipinski definition) is 0. The van der Waals surface area contributed by atoms with Gasteiger partial charge >= 0.3 is 79.5 Å². The maximum absolute atomic E-state index is 2.15. The Hall–Kier alpha value is 1.68. The second kappa shape index (κ2) is 19.3. The minimum atomic E-state index is 0. The van der Waals surface area contributed by atoms with E-state index in [1.165, 1.54) is 10.1 Å². The van der Waals surface area contributed by atoms with Gasteiger partial charge in [0.1, 0.15) is 0 Å². The van der Waals surface area contributed by atoms with E-state index in [9.17, 15) is 0 Å². The Morgan fingerprint density at radius 1 is 0.846 bits per heavy atom. The van der Waals surface area contributed by atoms with Gasteiger partial charge in [-0.25, -0.2) is 0 Å². The molecule has 1 aromatic carbocycles. The van der Waals surface area contributed by atoms with E-state index in [4.69, 9.17) is 0 Å². The van der Waals surface area contributed by atoms with Crippen LogP contribution >= 0.6 is 0 Å². The molecular formula is C7H7AlCl4Mg. The van der Waals surface area contributed by atoms with Gasteiger partial charge in [0.05, 0.1) is 0 Å². The fourth-order valence-electron chi connectivity index (χ4n) is 0.645. The van der Waals surface area contributed by atoms with Gasteiger partial charge in [-0.15, -0.1) is 0 Å². The molecule has 0 atom stereocenters. The third-order valence-corrected chi connectivity index (χ3v) is 1.71. The predicted molar refractivity (Wildman–Crippen MR) is 41.7 cm³/mol. The minimum absolute atomic E-state index is 0. The number of rotatable bonds is 1. The Morgan fingerprint density at radius 3 is 1.46 bits per heavy atom. The first-order chi connectivity index (χ1) is 3.93. The summed E-state index contributed by atoms with van der Waals surface area (Å²) in [6.07, 6.45) is 0. The molecule has 0 bridgehead atoms. The summed E-state index contributed by atoms with van der Waals surface area (Å²) in [6.45, 7) is 0. The van der Waals surface area contributed by atoms with Crippen molar-refractivity contribution in [2.24, 2.45) is 0 Å². The Balaban J connectivity index is -0.0000000427. The predicted octanol–water partition coefficient (Wildman–Crippen LogP) is -11.0. The van der Waals surface area contributed by atoms with Gasteiger partial charge in [-0.05, 0) is 0 Å². The van der Waals surface area contributed by atoms with Crippen LogP contribution in [0.15, 0.2) is 30.3 Å². The van der Waals surface area contributed by atoms with Crippen molar-refractivity contribution in [1.82, 2.24) is 0 Å². The summed E-state index contributed by atoms with van der Waals surface area (Å²) in [5, 5.41) is 0. The molecule has 0 saturated carbocycles. The average Bonchev–Trinajstić information content (AvgIpc) is 1.90. The molecule has 68 valence electrons. The second-order valence-electron chi connectivity index (χ2n) is 1.74. The van der Waals surface area contributed by atoms with E-state index in [0.29, 0.717) is 0 Å². The van der Waals surface area contributed by atoms with E-state index in [-0.39, 0.29) is 67.0 Å². The number of benzene rings is 1.